The summed E-state index contributed by atoms with van der Waals surface area (Å²) in [6.07, 6.45) is 4.69. The van der Waals surface area contributed by atoms with Gasteiger partial charge in [-0.1, -0.05) is 0 Å². The molecule has 0 bridgehead atoms. The van der Waals surface area contributed by atoms with Gasteiger partial charge in [0, 0.05) is 25.1 Å². The van der Waals surface area contributed by atoms with E-state index >= 15 is 0 Å². The molecule has 1 aliphatic heterocycles. The Bertz CT molecular complexity index is 710. The van der Waals surface area contributed by atoms with E-state index in [0.29, 0.717) is 6.54 Å². The van der Waals surface area contributed by atoms with Crippen LogP contribution in [0.5, 0.6) is 0 Å². The number of carbonyl (C=O) groups is 3. The molecule has 3 rings (SSSR count). The maximum Gasteiger partial charge on any atom is 0.280 e. The van der Waals surface area contributed by atoms with Gasteiger partial charge in [0.05, 0.1) is 5.56 Å². The van der Waals surface area contributed by atoms with E-state index in [1.807, 2.05) is 0 Å². The first-order valence-corrected chi connectivity index (χ1v) is 6.63. The molecule has 1 N–H and O–H groups in total. The minimum atomic E-state index is -0.542. The van der Waals surface area contributed by atoms with Crippen molar-refractivity contribution in [1.29, 1.82) is 0 Å². The highest BCUT2D eigenvalue weighted by Gasteiger charge is 2.37. The third-order valence-corrected chi connectivity index (χ3v) is 3.27. The van der Waals surface area contributed by atoms with Crippen molar-refractivity contribution < 1.29 is 14.4 Å². The summed E-state index contributed by atoms with van der Waals surface area (Å²) in [5, 5.41) is 2.66. The Morgan fingerprint density at radius 2 is 1.86 bits per heavy atom. The fourth-order valence-electron chi connectivity index (χ4n) is 2.16. The Hall–Kier alpha value is -3.09. The molecule has 0 atom stereocenters. The lowest BCUT2D eigenvalue weighted by Gasteiger charge is -2.13. The van der Waals surface area contributed by atoms with E-state index in [-0.39, 0.29) is 17.8 Å². The van der Waals surface area contributed by atoms with Gasteiger partial charge in [-0.05, 0) is 29.8 Å². The van der Waals surface area contributed by atoms with E-state index < -0.39 is 17.7 Å². The Kier molecular flexibility index (Phi) is 3.61. The van der Waals surface area contributed by atoms with Gasteiger partial charge in [0.15, 0.2) is 0 Å². The zero-order valence-electron chi connectivity index (χ0n) is 11.5. The third-order valence-electron chi connectivity index (χ3n) is 3.27. The van der Waals surface area contributed by atoms with Gasteiger partial charge in [0.1, 0.15) is 12.2 Å². The van der Waals surface area contributed by atoms with Gasteiger partial charge in [-0.15, -0.1) is 0 Å². The number of hydrogen-bond acceptors (Lipinski definition) is 5. The highest BCUT2D eigenvalue weighted by atomic mass is 16.2. The molecule has 0 aromatic carbocycles. The molecule has 2 aromatic rings. The average Bonchev–Trinajstić information content (AvgIpc) is 2.79. The van der Waals surface area contributed by atoms with Crippen LogP contribution in [0.15, 0.2) is 42.9 Å². The molecule has 0 radical (unpaired) electrons. The van der Waals surface area contributed by atoms with Crippen LogP contribution in [0.1, 0.15) is 26.4 Å². The standard InChI is InChI=1S/C15H12N4O3/c20-12(18-8-10-3-6-16-7-4-10)9-19-14(21)11-2-1-5-17-13(11)15(19)22/h1-7H,8-9H2,(H,18,20). The summed E-state index contributed by atoms with van der Waals surface area (Å²) in [6.45, 7) is -0.0120. The monoisotopic (exact) mass is 296 g/mol. The predicted molar refractivity (Wildman–Crippen MR) is 75.7 cm³/mol. The van der Waals surface area contributed by atoms with E-state index in [0.717, 1.165) is 10.5 Å². The number of rotatable bonds is 4. The van der Waals surface area contributed by atoms with Crippen molar-refractivity contribution >= 4 is 17.7 Å². The van der Waals surface area contributed by atoms with Crippen LogP contribution in [0, 0.1) is 0 Å². The topological polar surface area (TPSA) is 92.3 Å². The van der Waals surface area contributed by atoms with Crippen molar-refractivity contribution in [3.8, 4) is 0 Å². The number of aromatic nitrogens is 2. The van der Waals surface area contributed by atoms with Gasteiger partial charge in [0.2, 0.25) is 5.91 Å². The first-order valence-electron chi connectivity index (χ1n) is 6.63. The molecule has 0 unspecified atom stereocenters. The minimum Gasteiger partial charge on any atom is -0.350 e. The van der Waals surface area contributed by atoms with Gasteiger partial charge in [0.25, 0.3) is 11.8 Å². The molecule has 22 heavy (non-hydrogen) atoms. The second-order valence-corrected chi connectivity index (χ2v) is 4.73. The zero-order valence-corrected chi connectivity index (χ0v) is 11.5. The summed E-state index contributed by atoms with van der Waals surface area (Å²) in [5.41, 5.74) is 1.20. The molecule has 2 aromatic heterocycles. The second kappa shape index (κ2) is 5.72. The Balaban J connectivity index is 1.63. The number of carbonyl (C=O) groups excluding carboxylic acids is 3. The molecule has 1 aliphatic rings. The normalized spacial score (nSPS) is 13.2. The number of fused-ring (bicyclic) bond motifs is 1. The van der Waals surface area contributed by atoms with Gasteiger partial charge in [-0.3, -0.25) is 29.3 Å². The summed E-state index contributed by atoms with van der Waals surface area (Å²) in [4.78, 5) is 44.8. The van der Waals surface area contributed by atoms with Gasteiger partial charge >= 0.3 is 0 Å². The van der Waals surface area contributed by atoms with Crippen molar-refractivity contribution in [1.82, 2.24) is 20.2 Å². The fraction of sp³-hybridized carbons (Fsp3) is 0.133. The van der Waals surface area contributed by atoms with E-state index in [1.54, 1.807) is 30.6 Å². The van der Waals surface area contributed by atoms with Crippen molar-refractivity contribution in [2.75, 3.05) is 6.54 Å². The van der Waals surface area contributed by atoms with Crippen LogP contribution < -0.4 is 5.32 Å². The molecule has 0 saturated heterocycles. The third kappa shape index (κ3) is 2.56. The van der Waals surface area contributed by atoms with Crippen molar-refractivity contribution in [2.24, 2.45) is 0 Å². The Morgan fingerprint density at radius 1 is 1.09 bits per heavy atom. The molecule has 0 saturated carbocycles. The first-order chi connectivity index (χ1) is 10.7. The van der Waals surface area contributed by atoms with E-state index in [4.69, 9.17) is 0 Å². The van der Waals surface area contributed by atoms with Crippen LogP contribution in [0.25, 0.3) is 0 Å². The lowest BCUT2D eigenvalue weighted by molar-refractivity contribution is -0.121. The molecule has 3 heterocycles. The number of hydrogen-bond donors (Lipinski definition) is 1. The molecule has 0 aliphatic carbocycles. The Morgan fingerprint density at radius 3 is 2.59 bits per heavy atom. The summed E-state index contributed by atoms with van der Waals surface area (Å²) in [7, 11) is 0. The maximum absolute atomic E-state index is 12.1. The van der Waals surface area contributed by atoms with E-state index in [1.165, 1.54) is 12.3 Å². The maximum atomic E-state index is 12.1. The molecule has 0 spiro atoms. The molecule has 0 fully saturated rings. The second-order valence-electron chi connectivity index (χ2n) is 4.73. The fourth-order valence-corrected chi connectivity index (χ4v) is 2.16. The quantitative estimate of drug-likeness (QED) is 0.824. The van der Waals surface area contributed by atoms with E-state index in [9.17, 15) is 14.4 Å². The highest BCUT2D eigenvalue weighted by Crippen LogP contribution is 2.19. The van der Waals surface area contributed by atoms with Crippen LogP contribution in [0.3, 0.4) is 0 Å². The van der Waals surface area contributed by atoms with E-state index in [2.05, 4.69) is 15.3 Å². The van der Waals surface area contributed by atoms with Crippen molar-refractivity contribution in [3.63, 3.8) is 0 Å². The van der Waals surface area contributed by atoms with Crippen molar-refractivity contribution in [2.45, 2.75) is 6.54 Å². The molecular weight excluding hydrogens is 284 g/mol. The summed E-state index contributed by atoms with van der Waals surface area (Å²) < 4.78 is 0. The number of pyridine rings is 2. The smallest absolute Gasteiger partial charge is 0.280 e. The van der Waals surface area contributed by atoms with Crippen molar-refractivity contribution in [3.05, 3.63) is 59.7 Å². The van der Waals surface area contributed by atoms with Crippen LogP contribution in [-0.4, -0.2) is 39.1 Å². The van der Waals surface area contributed by atoms with Crippen LogP contribution in [-0.2, 0) is 11.3 Å². The SMILES string of the molecule is O=C(CN1C(=O)c2cccnc2C1=O)NCc1ccncc1. The van der Waals surface area contributed by atoms with Crippen LogP contribution in [0.2, 0.25) is 0 Å². The lowest BCUT2D eigenvalue weighted by atomic mass is 10.2. The number of imide groups is 1. The number of nitrogens with zero attached hydrogens (tertiary/aromatic N) is 3. The summed E-state index contributed by atoms with van der Waals surface area (Å²) in [6, 6.07) is 6.65. The highest BCUT2D eigenvalue weighted by molar-refractivity contribution is 6.21. The average molecular weight is 296 g/mol. The Labute approximate surface area is 126 Å². The van der Waals surface area contributed by atoms with Crippen LogP contribution in [0.4, 0.5) is 0 Å². The first kappa shape index (κ1) is 13.9. The number of amides is 3. The van der Waals surface area contributed by atoms with Crippen LogP contribution >= 0.6 is 0 Å². The molecule has 3 amide bonds. The largest absolute Gasteiger partial charge is 0.350 e. The van der Waals surface area contributed by atoms with Gasteiger partial charge < -0.3 is 5.32 Å². The number of nitrogens with one attached hydrogen (secondary N) is 1. The van der Waals surface area contributed by atoms with Gasteiger partial charge in [-0.2, -0.15) is 0 Å². The zero-order chi connectivity index (χ0) is 15.5. The predicted octanol–water partition coefficient (Wildman–Crippen LogP) is 0.389. The minimum absolute atomic E-state index is 0.0921. The van der Waals surface area contributed by atoms with Gasteiger partial charge in [-0.25, -0.2) is 0 Å². The molecule has 7 nitrogen and oxygen atoms in total. The molecular formula is C15H12N4O3. The summed E-state index contributed by atoms with van der Waals surface area (Å²) >= 11 is 0. The molecule has 110 valence electrons. The lowest BCUT2D eigenvalue weighted by Crippen LogP contribution is -2.40. The molecule has 7 heteroatoms. The summed E-state index contributed by atoms with van der Waals surface area (Å²) in [5.74, 6) is -1.45.